The Morgan fingerprint density at radius 3 is 2.74 bits per heavy atom. The number of nitrogens with one attached hydrogen (secondary N) is 1. The van der Waals surface area contributed by atoms with Crippen molar-refractivity contribution in [2.24, 2.45) is 11.7 Å². The summed E-state index contributed by atoms with van der Waals surface area (Å²) in [6, 6.07) is 17.6. The number of carbonyl (C=O) groups is 1. The zero-order chi connectivity index (χ0) is 19.1. The van der Waals surface area contributed by atoms with Crippen molar-refractivity contribution in [1.29, 1.82) is 0 Å². The Kier molecular flexibility index (Phi) is 7.10. The molecule has 0 radical (unpaired) electrons. The van der Waals surface area contributed by atoms with Gasteiger partial charge in [-0.25, -0.2) is 0 Å². The number of likely N-dealkylation sites (tertiary alicyclic amines) is 1. The van der Waals surface area contributed by atoms with E-state index in [0.29, 0.717) is 48.8 Å². The van der Waals surface area contributed by atoms with Crippen molar-refractivity contribution in [3.63, 3.8) is 0 Å². The molecule has 0 bridgehead atoms. The van der Waals surface area contributed by atoms with Crippen molar-refractivity contribution in [2.75, 3.05) is 39.3 Å². The summed E-state index contributed by atoms with van der Waals surface area (Å²) in [4.78, 5) is 14.4. The minimum Gasteiger partial charge on any atom is -0.492 e. The highest BCUT2D eigenvalue weighted by molar-refractivity contribution is 6.30. The van der Waals surface area contributed by atoms with Crippen LogP contribution in [0.15, 0.2) is 54.6 Å². The summed E-state index contributed by atoms with van der Waals surface area (Å²) in [5.41, 5.74) is 7.26. The molecule has 3 N–H and O–H groups in total. The van der Waals surface area contributed by atoms with Crippen LogP contribution in [0, 0.1) is 5.92 Å². The quantitative estimate of drug-likeness (QED) is 0.683. The number of carbonyl (C=O) groups excluding carboxylic acids is 1. The molecule has 0 aromatic heterocycles. The van der Waals surface area contributed by atoms with Crippen LogP contribution in [-0.4, -0.2) is 50.1 Å². The van der Waals surface area contributed by atoms with Gasteiger partial charge in [-0.1, -0.05) is 48.0 Å². The van der Waals surface area contributed by atoms with E-state index >= 15 is 0 Å². The Morgan fingerprint density at radius 1 is 1.19 bits per heavy atom. The Morgan fingerprint density at radius 2 is 2.00 bits per heavy atom. The van der Waals surface area contributed by atoms with E-state index in [1.54, 1.807) is 12.1 Å². The molecular weight excluding hydrogens is 362 g/mol. The van der Waals surface area contributed by atoms with Crippen molar-refractivity contribution in [1.82, 2.24) is 10.2 Å². The first-order chi connectivity index (χ1) is 13.2. The molecular formula is C21H26ClN3O2. The Hall–Kier alpha value is -2.08. The Bertz CT molecular complexity index is 741. The third kappa shape index (κ3) is 5.70. The second-order valence-corrected chi connectivity index (χ2v) is 7.30. The summed E-state index contributed by atoms with van der Waals surface area (Å²) in [6.07, 6.45) is 0. The Labute approximate surface area is 165 Å². The third-order valence-electron chi connectivity index (χ3n) is 4.90. The molecule has 5 nitrogen and oxygen atoms in total. The molecule has 0 unspecified atom stereocenters. The number of halogens is 1. The minimum absolute atomic E-state index is 0.00850. The van der Waals surface area contributed by atoms with E-state index in [4.69, 9.17) is 22.1 Å². The first kappa shape index (κ1) is 19.7. The van der Waals surface area contributed by atoms with Crippen LogP contribution in [0.25, 0.3) is 0 Å². The lowest BCUT2D eigenvalue weighted by atomic mass is 9.89. The fraction of sp³-hybridized carbons (Fsp3) is 0.381. The van der Waals surface area contributed by atoms with Crippen LogP contribution >= 0.6 is 11.6 Å². The topological polar surface area (TPSA) is 67.6 Å². The molecule has 27 heavy (non-hydrogen) atoms. The van der Waals surface area contributed by atoms with Gasteiger partial charge in [0.05, 0.1) is 13.1 Å². The number of ether oxygens (including phenoxy) is 1. The number of nitrogens with zero attached hydrogens (tertiary/aromatic N) is 1. The van der Waals surface area contributed by atoms with Gasteiger partial charge >= 0.3 is 0 Å². The van der Waals surface area contributed by atoms with E-state index in [-0.39, 0.29) is 5.91 Å². The van der Waals surface area contributed by atoms with Crippen molar-refractivity contribution in [3.8, 4) is 5.75 Å². The molecule has 3 rings (SSSR count). The number of hydrogen-bond donors (Lipinski definition) is 2. The minimum atomic E-state index is 0.00850. The first-order valence-corrected chi connectivity index (χ1v) is 9.66. The summed E-state index contributed by atoms with van der Waals surface area (Å²) in [5.74, 6) is 1.48. The van der Waals surface area contributed by atoms with Gasteiger partial charge in [-0.2, -0.15) is 0 Å². The average molecular weight is 388 g/mol. The second-order valence-electron chi connectivity index (χ2n) is 6.86. The average Bonchev–Trinajstić information content (AvgIpc) is 3.09. The van der Waals surface area contributed by atoms with Crippen LogP contribution in [-0.2, 0) is 4.79 Å². The normalized spacial score (nSPS) is 19.8. The lowest BCUT2D eigenvalue weighted by Crippen LogP contribution is -2.38. The summed E-state index contributed by atoms with van der Waals surface area (Å²) in [7, 11) is 0. The standard InChI is InChI=1S/C21H26ClN3O2/c22-18-7-4-8-19(11-18)27-10-9-24-21(26)15-25-13-17(12-23)20(14-25)16-5-2-1-3-6-16/h1-8,11,17,20H,9-10,12-15,23H2,(H,24,26)/t17-,20+/m1/s1. The number of nitrogens with two attached hydrogens (primary N) is 1. The van der Waals surface area contributed by atoms with Gasteiger partial charge in [-0.05, 0) is 36.2 Å². The monoisotopic (exact) mass is 387 g/mol. The number of amides is 1. The van der Waals surface area contributed by atoms with E-state index in [0.717, 1.165) is 13.1 Å². The maximum absolute atomic E-state index is 12.2. The molecule has 1 fully saturated rings. The van der Waals surface area contributed by atoms with E-state index in [1.807, 2.05) is 18.2 Å². The predicted octanol–water partition coefficient (Wildman–Crippen LogP) is 2.51. The highest BCUT2D eigenvalue weighted by Crippen LogP contribution is 2.31. The van der Waals surface area contributed by atoms with Gasteiger partial charge in [0.25, 0.3) is 0 Å². The molecule has 1 aliphatic heterocycles. The second kappa shape index (κ2) is 9.74. The molecule has 1 heterocycles. The van der Waals surface area contributed by atoms with E-state index in [2.05, 4.69) is 34.5 Å². The number of hydrogen-bond acceptors (Lipinski definition) is 4. The van der Waals surface area contributed by atoms with Gasteiger partial charge in [0.15, 0.2) is 0 Å². The summed E-state index contributed by atoms with van der Waals surface area (Å²) in [5, 5.41) is 3.54. The molecule has 1 amide bonds. The van der Waals surface area contributed by atoms with E-state index < -0.39 is 0 Å². The number of benzene rings is 2. The van der Waals surface area contributed by atoms with Gasteiger partial charge < -0.3 is 15.8 Å². The smallest absolute Gasteiger partial charge is 0.234 e. The highest BCUT2D eigenvalue weighted by atomic mass is 35.5. The van der Waals surface area contributed by atoms with Crippen LogP contribution < -0.4 is 15.8 Å². The summed E-state index contributed by atoms with van der Waals surface area (Å²) >= 11 is 5.92. The first-order valence-electron chi connectivity index (χ1n) is 9.28. The van der Waals surface area contributed by atoms with Crippen LogP contribution in [0.3, 0.4) is 0 Å². The Balaban J connectivity index is 1.41. The van der Waals surface area contributed by atoms with Gasteiger partial charge in [0, 0.05) is 24.0 Å². The van der Waals surface area contributed by atoms with Gasteiger partial charge in [-0.3, -0.25) is 9.69 Å². The fourth-order valence-electron chi connectivity index (χ4n) is 3.58. The van der Waals surface area contributed by atoms with Crippen molar-refractivity contribution >= 4 is 17.5 Å². The van der Waals surface area contributed by atoms with Crippen LogP contribution in [0.5, 0.6) is 5.75 Å². The van der Waals surface area contributed by atoms with E-state index in [9.17, 15) is 4.79 Å². The zero-order valence-electron chi connectivity index (χ0n) is 15.3. The molecule has 144 valence electrons. The van der Waals surface area contributed by atoms with E-state index in [1.165, 1.54) is 5.56 Å². The molecule has 2 aromatic rings. The lowest BCUT2D eigenvalue weighted by Gasteiger charge is -2.16. The molecule has 2 aromatic carbocycles. The maximum Gasteiger partial charge on any atom is 0.234 e. The predicted molar refractivity (Wildman–Crippen MR) is 108 cm³/mol. The largest absolute Gasteiger partial charge is 0.492 e. The van der Waals surface area contributed by atoms with Crippen molar-refractivity contribution in [3.05, 3.63) is 65.2 Å². The van der Waals surface area contributed by atoms with Crippen molar-refractivity contribution in [2.45, 2.75) is 5.92 Å². The summed E-state index contributed by atoms with van der Waals surface area (Å²) < 4.78 is 5.59. The fourth-order valence-corrected chi connectivity index (χ4v) is 3.76. The third-order valence-corrected chi connectivity index (χ3v) is 5.14. The molecule has 0 saturated carbocycles. The maximum atomic E-state index is 12.2. The molecule has 0 aliphatic carbocycles. The lowest BCUT2D eigenvalue weighted by molar-refractivity contribution is -0.122. The SMILES string of the molecule is NC[C@@H]1CN(CC(=O)NCCOc2cccc(Cl)c2)C[C@H]1c1ccccc1. The summed E-state index contributed by atoms with van der Waals surface area (Å²) in [6.45, 7) is 3.59. The van der Waals surface area contributed by atoms with Crippen LogP contribution in [0.4, 0.5) is 0 Å². The van der Waals surface area contributed by atoms with Crippen LogP contribution in [0.1, 0.15) is 11.5 Å². The zero-order valence-corrected chi connectivity index (χ0v) is 16.1. The van der Waals surface area contributed by atoms with Gasteiger partial charge in [0.2, 0.25) is 5.91 Å². The molecule has 2 atom stereocenters. The highest BCUT2D eigenvalue weighted by Gasteiger charge is 2.33. The van der Waals surface area contributed by atoms with Crippen molar-refractivity contribution < 1.29 is 9.53 Å². The number of rotatable bonds is 8. The molecule has 6 heteroatoms. The van der Waals surface area contributed by atoms with Gasteiger partial charge in [-0.15, -0.1) is 0 Å². The van der Waals surface area contributed by atoms with Gasteiger partial charge in [0.1, 0.15) is 12.4 Å². The van der Waals surface area contributed by atoms with Crippen LogP contribution in [0.2, 0.25) is 5.02 Å². The molecule has 0 spiro atoms. The molecule has 1 saturated heterocycles. The molecule has 1 aliphatic rings.